The van der Waals surface area contributed by atoms with Gasteiger partial charge >= 0.3 is 0 Å². The highest BCUT2D eigenvalue weighted by Gasteiger charge is 2.27. The van der Waals surface area contributed by atoms with E-state index < -0.39 is 4.92 Å². The molecule has 1 N–H and O–H groups in total. The van der Waals surface area contributed by atoms with E-state index in [1.165, 1.54) is 6.07 Å². The Morgan fingerprint density at radius 1 is 1.52 bits per heavy atom. The number of amides is 1. The minimum atomic E-state index is -0.450. The van der Waals surface area contributed by atoms with E-state index in [4.69, 9.17) is 5.11 Å². The number of aliphatic hydroxyl groups is 1. The lowest BCUT2D eigenvalue weighted by Crippen LogP contribution is -2.38. The lowest BCUT2D eigenvalue weighted by molar-refractivity contribution is -0.384. The second-order valence-electron chi connectivity index (χ2n) is 5.28. The first-order valence-corrected chi connectivity index (χ1v) is 6.86. The molecule has 1 unspecified atom stereocenters. The Labute approximate surface area is 122 Å². The summed E-state index contributed by atoms with van der Waals surface area (Å²) in [6, 6.07) is 6.37. The molecule has 1 aromatic rings. The van der Waals surface area contributed by atoms with Crippen LogP contribution >= 0.6 is 0 Å². The number of hydrogen-bond donors (Lipinski definition) is 1. The first-order valence-electron chi connectivity index (χ1n) is 6.86. The van der Waals surface area contributed by atoms with Gasteiger partial charge in [0.25, 0.3) is 5.69 Å². The maximum absolute atomic E-state index is 12.2. The normalized spacial score (nSPS) is 17.8. The monoisotopic (exact) mass is 293 g/mol. The first-order chi connectivity index (χ1) is 10.0. The summed E-state index contributed by atoms with van der Waals surface area (Å²) in [4.78, 5) is 26.1. The Balaban J connectivity index is 2.03. The Morgan fingerprint density at radius 3 is 2.86 bits per heavy atom. The average molecular weight is 293 g/mol. The molecule has 0 spiro atoms. The zero-order chi connectivity index (χ0) is 15.4. The van der Waals surface area contributed by atoms with Crippen molar-refractivity contribution >= 4 is 17.3 Å². The van der Waals surface area contributed by atoms with Crippen molar-refractivity contribution < 1.29 is 14.8 Å². The highest BCUT2D eigenvalue weighted by Crippen LogP contribution is 2.26. The van der Waals surface area contributed by atoms with Crippen LogP contribution in [-0.4, -0.2) is 54.1 Å². The Hall–Kier alpha value is -2.15. The van der Waals surface area contributed by atoms with Crippen LogP contribution in [0.3, 0.4) is 0 Å². The number of carbonyl (C=O) groups excluding carboxylic acids is 1. The molecule has 0 radical (unpaired) electrons. The number of para-hydroxylation sites is 2. The van der Waals surface area contributed by atoms with Gasteiger partial charge in [-0.05, 0) is 12.5 Å². The van der Waals surface area contributed by atoms with Crippen LogP contribution in [0.4, 0.5) is 11.4 Å². The van der Waals surface area contributed by atoms with Gasteiger partial charge in [0.1, 0.15) is 5.69 Å². The topological polar surface area (TPSA) is 86.9 Å². The number of carbonyl (C=O) groups is 1. The van der Waals surface area contributed by atoms with Crippen LogP contribution in [0.1, 0.15) is 6.42 Å². The molecule has 1 fully saturated rings. The van der Waals surface area contributed by atoms with Gasteiger partial charge in [-0.15, -0.1) is 0 Å². The van der Waals surface area contributed by atoms with E-state index in [0.29, 0.717) is 18.8 Å². The molecule has 1 saturated heterocycles. The van der Waals surface area contributed by atoms with E-state index in [1.807, 2.05) is 0 Å². The van der Waals surface area contributed by atoms with Crippen LogP contribution in [0.2, 0.25) is 0 Å². The second-order valence-corrected chi connectivity index (χ2v) is 5.28. The fraction of sp³-hybridized carbons (Fsp3) is 0.500. The molecule has 1 amide bonds. The number of rotatable bonds is 5. The van der Waals surface area contributed by atoms with E-state index in [9.17, 15) is 14.9 Å². The van der Waals surface area contributed by atoms with Gasteiger partial charge < -0.3 is 14.9 Å². The number of likely N-dealkylation sites (N-methyl/N-ethyl adjacent to an activating group) is 1. The van der Waals surface area contributed by atoms with Crippen molar-refractivity contribution in [2.24, 2.45) is 5.92 Å². The van der Waals surface area contributed by atoms with Crippen LogP contribution in [-0.2, 0) is 4.79 Å². The van der Waals surface area contributed by atoms with Gasteiger partial charge in [-0.3, -0.25) is 14.9 Å². The molecular weight excluding hydrogens is 274 g/mol. The Kier molecular flexibility index (Phi) is 4.74. The van der Waals surface area contributed by atoms with Crippen molar-refractivity contribution in [1.82, 2.24) is 4.90 Å². The quantitative estimate of drug-likeness (QED) is 0.643. The number of hydrogen-bond acceptors (Lipinski definition) is 5. The molecule has 0 bridgehead atoms. The summed E-state index contributed by atoms with van der Waals surface area (Å²) in [5.41, 5.74) is 0.413. The van der Waals surface area contributed by atoms with Gasteiger partial charge in [0.2, 0.25) is 5.91 Å². The van der Waals surface area contributed by atoms with Crippen molar-refractivity contribution in [1.29, 1.82) is 0 Å². The number of aliphatic hydroxyl groups excluding tert-OH is 1. The van der Waals surface area contributed by atoms with Crippen molar-refractivity contribution in [2.75, 3.05) is 38.2 Å². The number of anilines is 1. The number of benzene rings is 1. The van der Waals surface area contributed by atoms with Gasteiger partial charge in [-0.1, -0.05) is 12.1 Å². The van der Waals surface area contributed by atoms with E-state index in [2.05, 4.69) is 0 Å². The molecule has 1 aromatic carbocycles. The lowest BCUT2D eigenvalue weighted by atomic mass is 10.1. The highest BCUT2D eigenvalue weighted by atomic mass is 16.6. The maximum Gasteiger partial charge on any atom is 0.292 e. The predicted molar refractivity (Wildman–Crippen MR) is 78.1 cm³/mol. The summed E-state index contributed by atoms with van der Waals surface area (Å²) in [6.45, 7) is 1.36. The summed E-state index contributed by atoms with van der Waals surface area (Å²) < 4.78 is 0. The lowest BCUT2D eigenvalue weighted by Gasteiger charge is -2.22. The molecule has 1 aliphatic rings. The van der Waals surface area contributed by atoms with Gasteiger partial charge in [0, 0.05) is 38.7 Å². The van der Waals surface area contributed by atoms with Crippen LogP contribution < -0.4 is 4.90 Å². The molecule has 1 atom stereocenters. The molecule has 0 aromatic heterocycles. The first kappa shape index (κ1) is 15.2. The minimum Gasteiger partial charge on any atom is -0.396 e. The Morgan fingerprint density at radius 2 is 2.24 bits per heavy atom. The minimum absolute atomic E-state index is 0.0116. The SMILES string of the molecule is CN(CC(=O)N1CCC(CO)C1)c1ccccc1[N+](=O)[O-]. The molecule has 0 aliphatic carbocycles. The van der Waals surface area contributed by atoms with E-state index in [-0.39, 0.29) is 30.7 Å². The summed E-state index contributed by atoms with van der Waals surface area (Å²) in [6.07, 6.45) is 0.803. The molecule has 2 rings (SSSR count). The van der Waals surface area contributed by atoms with E-state index in [0.717, 1.165) is 6.42 Å². The summed E-state index contributed by atoms with van der Waals surface area (Å²) in [5.74, 6) is 0.0666. The third-order valence-electron chi connectivity index (χ3n) is 3.76. The summed E-state index contributed by atoms with van der Waals surface area (Å²) >= 11 is 0. The summed E-state index contributed by atoms with van der Waals surface area (Å²) in [7, 11) is 1.67. The second kappa shape index (κ2) is 6.53. The third kappa shape index (κ3) is 3.49. The fourth-order valence-corrected chi connectivity index (χ4v) is 2.54. The van der Waals surface area contributed by atoms with Gasteiger partial charge in [0.05, 0.1) is 11.5 Å². The van der Waals surface area contributed by atoms with Crippen molar-refractivity contribution in [3.05, 3.63) is 34.4 Å². The smallest absolute Gasteiger partial charge is 0.292 e. The molecule has 7 heteroatoms. The van der Waals surface area contributed by atoms with E-state index >= 15 is 0 Å². The molecule has 114 valence electrons. The molecule has 1 heterocycles. The maximum atomic E-state index is 12.2. The average Bonchev–Trinajstić information content (AvgIpc) is 2.96. The van der Waals surface area contributed by atoms with E-state index in [1.54, 1.807) is 35.0 Å². The molecule has 1 aliphatic heterocycles. The van der Waals surface area contributed by atoms with Crippen LogP contribution in [0, 0.1) is 16.0 Å². The molecular formula is C14H19N3O4. The fourth-order valence-electron chi connectivity index (χ4n) is 2.54. The van der Waals surface area contributed by atoms with Crippen molar-refractivity contribution in [2.45, 2.75) is 6.42 Å². The third-order valence-corrected chi connectivity index (χ3v) is 3.76. The summed E-state index contributed by atoms with van der Waals surface area (Å²) in [5, 5.41) is 20.1. The molecule has 21 heavy (non-hydrogen) atoms. The van der Waals surface area contributed by atoms with Gasteiger partial charge in [0.15, 0.2) is 0 Å². The number of likely N-dealkylation sites (tertiary alicyclic amines) is 1. The Bertz CT molecular complexity index is 535. The largest absolute Gasteiger partial charge is 0.396 e. The van der Waals surface area contributed by atoms with Crippen molar-refractivity contribution in [3.8, 4) is 0 Å². The highest BCUT2D eigenvalue weighted by molar-refractivity contribution is 5.82. The predicted octanol–water partition coefficient (Wildman–Crippen LogP) is 0.872. The van der Waals surface area contributed by atoms with Crippen LogP contribution in [0.5, 0.6) is 0 Å². The van der Waals surface area contributed by atoms with Gasteiger partial charge in [-0.2, -0.15) is 0 Å². The zero-order valence-corrected chi connectivity index (χ0v) is 11.9. The zero-order valence-electron chi connectivity index (χ0n) is 11.9. The number of nitro groups is 1. The van der Waals surface area contributed by atoms with Crippen LogP contribution in [0.25, 0.3) is 0 Å². The molecule has 7 nitrogen and oxygen atoms in total. The van der Waals surface area contributed by atoms with Crippen molar-refractivity contribution in [3.63, 3.8) is 0 Å². The number of nitrogens with zero attached hydrogens (tertiary/aromatic N) is 3. The number of nitro benzene ring substituents is 1. The van der Waals surface area contributed by atoms with Crippen LogP contribution in [0.15, 0.2) is 24.3 Å². The standard InChI is InChI=1S/C14H19N3O4/c1-15(12-4-2-3-5-13(12)17(20)21)9-14(19)16-7-6-11(8-16)10-18/h2-5,11,18H,6-10H2,1H3. The van der Waals surface area contributed by atoms with Gasteiger partial charge in [-0.25, -0.2) is 0 Å². The molecule has 0 saturated carbocycles.